The van der Waals surface area contributed by atoms with E-state index in [0.717, 1.165) is 33.1 Å². The fourth-order valence-corrected chi connectivity index (χ4v) is 7.96. The molecule has 0 atom stereocenters. The lowest BCUT2D eigenvalue weighted by Gasteiger charge is -2.22. The molecule has 0 radical (unpaired) electrons. The predicted molar refractivity (Wildman–Crippen MR) is 210 cm³/mol. The molecule has 0 fully saturated rings. The largest absolute Gasteiger partial charge is 0.417 e. The summed E-state index contributed by atoms with van der Waals surface area (Å²) in [7, 11) is 0. The van der Waals surface area contributed by atoms with E-state index in [2.05, 4.69) is 18.2 Å². The van der Waals surface area contributed by atoms with Gasteiger partial charge in [0.05, 0.1) is 73.8 Å². The molecular weight excluding hydrogens is 749 g/mol. The van der Waals surface area contributed by atoms with Gasteiger partial charge in [-0.25, -0.2) is 0 Å². The number of hydrogen-bond donors (Lipinski definition) is 0. The molecule has 0 aliphatic heterocycles. The van der Waals surface area contributed by atoms with Crippen LogP contribution in [0.4, 0.5) is 26.3 Å². The molecule has 0 spiro atoms. The first-order chi connectivity index (χ1) is 27.9. The molecule has 0 amide bonds. The molecule has 2 aromatic heterocycles. The molecule has 11 heteroatoms. The Morgan fingerprint density at radius 3 is 1.50 bits per heavy atom. The van der Waals surface area contributed by atoms with Crippen LogP contribution in [0, 0.1) is 34.0 Å². The number of hydrogen-bond acceptors (Lipinski definition) is 3. The lowest BCUT2D eigenvalue weighted by molar-refractivity contribution is -0.142. The van der Waals surface area contributed by atoms with E-state index in [4.69, 9.17) is 0 Å². The third-order valence-corrected chi connectivity index (χ3v) is 10.5. The third kappa shape index (κ3) is 5.70. The second kappa shape index (κ2) is 13.2. The van der Waals surface area contributed by atoms with Gasteiger partial charge in [-0.2, -0.15) is 42.1 Å². The lowest BCUT2D eigenvalue weighted by Crippen LogP contribution is -2.12. The van der Waals surface area contributed by atoms with Crippen LogP contribution < -0.4 is 0 Å². The first-order valence-electron chi connectivity index (χ1n) is 17.7. The van der Waals surface area contributed by atoms with Crippen molar-refractivity contribution in [1.29, 1.82) is 15.8 Å². The van der Waals surface area contributed by atoms with E-state index in [1.807, 2.05) is 57.7 Å². The summed E-state index contributed by atoms with van der Waals surface area (Å²) >= 11 is 0. The van der Waals surface area contributed by atoms with E-state index in [-0.39, 0.29) is 22.8 Å². The highest BCUT2D eigenvalue weighted by atomic mass is 19.4. The number of para-hydroxylation sites is 2. The molecule has 0 N–H and O–H groups in total. The summed E-state index contributed by atoms with van der Waals surface area (Å²) in [5.41, 5.74) is 1.91. The molecule has 58 heavy (non-hydrogen) atoms. The third-order valence-electron chi connectivity index (χ3n) is 10.5. The molecule has 7 aromatic carbocycles. The number of nitriles is 3. The Balaban J connectivity index is 1.42. The summed E-state index contributed by atoms with van der Waals surface area (Å²) in [5, 5.41) is 32.7. The van der Waals surface area contributed by atoms with Gasteiger partial charge in [-0.1, -0.05) is 48.5 Å². The highest BCUT2D eigenvalue weighted by Crippen LogP contribution is 2.47. The van der Waals surface area contributed by atoms with Crippen LogP contribution in [0.3, 0.4) is 0 Å². The smallest absolute Gasteiger partial charge is 0.309 e. The summed E-state index contributed by atoms with van der Waals surface area (Å²) in [6.45, 7) is 0. The van der Waals surface area contributed by atoms with Gasteiger partial charge in [0.25, 0.3) is 0 Å². The van der Waals surface area contributed by atoms with Gasteiger partial charge in [-0.15, -0.1) is 0 Å². The zero-order valence-corrected chi connectivity index (χ0v) is 29.8. The van der Waals surface area contributed by atoms with Gasteiger partial charge in [0.15, 0.2) is 0 Å². The maximum absolute atomic E-state index is 14.9. The van der Waals surface area contributed by atoms with Crippen LogP contribution in [-0.2, 0) is 12.4 Å². The Morgan fingerprint density at radius 1 is 0.397 bits per heavy atom. The Bertz CT molecular complexity index is 3310. The summed E-state index contributed by atoms with van der Waals surface area (Å²) in [6, 6.07) is 43.0. The van der Waals surface area contributed by atoms with Crippen LogP contribution in [-0.4, -0.2) is 9.13 Å². The number of rotatable bonds is 4. The summed E-state index contributed by atoms with van der Waals surface area (Å²) in [4.78, 5) is 0. The van der Waals surface area contributed by atoms with E-state index < -0.39 is 29.0 Å². The minimum atomic E-state index is -5.18. The highest BCUT2D eigenvalue weighted by Gasteiger charge is 2.39. The number of halogens is 6. The predicted octanol–water partition coefficient (Wildman–Crippen LogP) is 12.9. The van der Waals surface area contributed by atoms with E-state index in [1.54, 1.807) is 66.7 Å². The maximum Gasteiger partial charge on any atom is 0.417 e. The van der Waals surface area contributed by atoms with Gasteiger partial charge >= 0.3 is 12.4 Å². The van der Waals surface area contributed by atoms with Gasteiger partial charge in [-0.05, 0) is 108 Å². The summed E-state index contributed by atoms with van der Waals surface area (Å²) in [5.74, 6) is 0. The van der Waals surface area contributed by atoms with E-state index in [0.29, 0.717) is 50.7 Å². The molecule has 0 aliphatic carbocycles. The molecule has 0 saturated heterocycles. The summed E-state index contributed by atoms with van der Waals surface area (Å²) < 4.78 is 90.3. The molecule has 0 aliphatic rings. The van der Waals surface area contributed by atoms with Crippen molar-refractivity contribution in [2.75, 3.05) is 0 Å². The zero-order valence-electron chi connectivity index (χ0n) is 29.8. The molecule has 9 rings (SSSR count). The van der Waals surface area contributed by atoms with Crippen molar-refractivity contribution >= 4 is 43.6 Å². The minimum absolute atomic E-state index is 0.0267. The van der Waals surface area contributed by atoms with Crippen molar-refractivity contribution in [3.05, 3.63) is 167 Å². The van der Waals surface area contributed by atoms with E-state index in [1.165, 1.54) is 6.07 Å². The van der Waals surface area contributed by atoms with Crippen molar-refractivity contribution < 1.29 is 26.3 Å². The average molecular weight is 772 g/mol. The lowest BCUT2D eigenvalue weighted by atomic mass is 9.88. The van der Waals surface area contributed by atoms with Crippen LogP contribution in [0.25, 0.3) is 77.2 Å². The second-order valence-corrected chi connectivity index (χ2v) is 13.7. The Morgan fingerprint density at radius 2 is 0.914 bits per heavy atom. The van der Waals surface area contributed by atoms with Crippen molar-refractivity contribution in [3.63, 3.8) is 0 Å². The topological polar surface area (TPSA) is 81.2 Å². The number of aromatic nitrogens is 2. The minimum Gasteiger partial charge on any atom is -0.309 e. The van der Waals surface area contributed by atoms with Gasteiger partial charge < -0.3 is 9.13 Å². The normalized spacial score (nSPS) is 11.9. The fourth-order valence-electron chi connectivity index (χ4n) is 7.96. The number of benzene rings is 7. The standard InChI is InChI=1S/C47H23F6N5/c48-46(49,50)30-12-14-33(40(22-30)47(51,52)53)32-15-13-31(57-41-7-3-1-5-34(41)37-19-27(24-54)9-16-43(37)57)23-36(32)39-21-29(26-56)11-18-45(39)58-42-8-4-2-6-35(42)38-20-28(25-55)10-17-44(38)58/h1-23H. The number of alkyl halides is 6. The van der Waals surface area contributed by atoms with Crippen LogP contribution in [0.2, 0.25) is 0 Å². The molecular formula is C47H23F6N5. The van der Waals surface area contributed by atoms with Gasteiger partial charge in [0.2, 0.25) is 0 Å². The first-order valence-corrected chi connectivity index (χ1v) is 17.7. The second-order valence-electron chi connectivity index (χ2n) is 13.7. The van der Waals surface area contributed by atoms with Crippen LogP contribution in [0.5, 0.6) is 0 Å². The Labute approximate surface area is 325 Å². The molecule has 278 valence electrons. The van der Waals surface area contributed by atoms with E-state index >= 15 is 0 Å². The molecule has 9 aromatic rings. The molecule has 5 nitrogen and oxygen atoms in total. The average Bonchev–Trinajstić information content (AvgIpc) is 3.74. The number of nitrogens with zero attached hydrogens (tertiary/aromatic N) is 5. The first kappa shape index (κ1) is 35.9. The van der Waals surface area contributed by atoms with Gasteiger partial charge in [-0.3, -0.25) is 0 Å². The molecule has 0 saturated carbocycles. The van der Waals surface area contributed by atoms with Gasteiger partial charge in [0, 0.05) is 32.8 Å². The van der Waals surface area contributed by atoms with E-state index in [9.17, 15) is 42.1 Å². The zero-order chi connectivity index (χ0) is 40.5. The van der Waals surface area contributed by atoms with Crippen molar-refractivity contribution in [2.24, 2.45) is 0 Å². The molecule has 0 unspecified atom stereocenters. The highest BCUT2D eigenvalue weighted by molar-refractivity contribution is 6.11. The molecule has 2 heterocycles. The SMILES string of the molecule is N#Cc1ccc(-n2c3ccccc3c3cc(C#N)ccc32)c(-c2cc(-n3c4ccccc4c4cc(C#N)ccc43)ccc2-c2ccc(C(F)(F)F)cc2C(F)(F)F)c1. The fraction of sp³-hybridized carbons (Fsp3) is 0.0426. The van der Waals surface area contributed by atoms with Crippen LogP contribution in [0.1, 0.15) is 27.8 Å². The summed E-state index contributed by atoms with van der Waals surface area (Å²) in [6.07, 6.45) is -10.2. The van der Waals surface area contributed by atoms with Gasteiger partial charge in [0.1, 0.15) is 0 Å². The van der Waals surface area contributed by atoms with Crippen LogP contribution in [0.15, 0.2) is 140 Å². The van der Waals surface area contributed by atoms with Crippen molar-refractivity contribution in [1.82, 2.24) is 9.13 Å². The molecule has 0 bridgehead atoms. The van der Waals surface area contributed by atoms with Crippen molar-refractivity contribution in [2.45, 2.75) is 12.4 Å². The monoisotopic (exact) mass is 771 g/mol. The van der Waals surface area contributed by atoms with Crippen LogP contribution >= 0.6 is 0 Å². The number of fused-ring (bicyclic) bond motifs is 6. The quantitative estimate of drug-likeness (QED) is 0.167. The maximum atomic E-state index is 14.9. The Kier molecular flexibility index (Phi) is 8.13. The Hall–Kier alpha value is -7.81. The van der Waals surface area contributed by atoms with Crippen molar-refractivity contribution in [3.8, 4) is 51.8 Å².